The van der Waals surface area contributed by atoms with Crippen molar-refractivity contribution in [3.63, 3.8) is 0 Å². The Morgan fingerprint density at radius 2 is 2.40 bits per heavy atom. The zero-order chi connectivity index (χ0) is 11.3. The van der Waals surface area contributed by atoms with Gasteiger partial charge in [-0.2, -0.15) is 5.26 Å². The number of aromatic nitrogens is 1. The highest BCUT2D eigenvalue weighted by atomic mass is 35.5. The lowest BCUT2D eigenvalue weighted by molar-refractivity contribution is 0.679. The molecule has 0 radical (unpaired) electrons. The summed E-state index contributed by atoms with van der Waals surface area (Å²) in [6, 6.07) is 5.81. The van der Waals surface area contributed by atoms with Gasteiger partial charge in [-0.3, -0.25) is 0 Å². The van der Waals surface area contributed by atoms with E-state index in [2.05, 4.69) is 11.1 Å². The highest BCUT2D eigenvalue weighted by Gasteiger charge is 2.12. The van der Waals surface area contributed by atoms with Crippen LogP contribution in [0.5, 0.6) is 0 Å². The molecule has 0 amide bonds. The summed E-state index contributed by atoms with van der Waals surface area (Å²) in [5, 5.41) is 9.39. The zero-order valence-corrected chi connectivity index (χ0v) is 9.70. The van der Waals surface area contributed by atoms with E-state index in [4.69, 9.17) is 16.9 Å². The molecule has 0 bridgehead atoms. The summed E-state index contributed by atoms with van der Waals surface area (Å²) in [6.07, 6.45) is 1.71. The van der Waals surface area contributed by atoms with E-state index in [1.165, 1.54) is 0 Å². The molecule has 0 fully saturated rings. The van der Waals surface area contributed by atoms with Crippen molar-refractivity contribution in [1.82, 2.24) is 4.98 Å². The fourth-order valence-corrected chi connectivity index (χ4v) is 1.59. The second kappa shape index (κ2) is 5.57. The lowest BCUT2D eigenvalue weighted by Crippen LogP contribution is -2.28. The smallest absolute Gasteiger partial charge is 0.147 e. The molecule has 0 aliphatic heterocycles. The molecule has 1 rings (SSSR count). The minimum absolute atomic E-state index is 0.0250. The molecule has 1 heterocycles. The molecule has 0 spiro atoms. The Kier molecular flexibility index (Phi) is 4.38. The molecule has 0 aliphatic rings. The quantitative estimate of drug-likeness (QED) is 0.788. The van der Waals surface area contributed by atoms with Crippen LogP contribution in [0.4, 0.5) is 5.82 Å². The van der Waals surface area contributed by atoms with Crippen LogP contribution in [0.15, 0.2) is 18.3 Å². The Hall–Kier alpha value is -1.27. The van der Waals surface area contributed by atoms with E-state index in [1.54, 1.807) is 12.3 Å². The highest BCUT2D eigenvalue weighted by Crippen LogP contribution is 2.22. The summed E-state index contributed by atoms with van der Waals surface area (Å²) in [5.41, 5.74) is 0. The Bertz CT molecular complexity index is 359. The third-order valence-electron chi connectivity index (χ3n) is 2.13. The minimum Gasteiger partial charge on any atom is -0.354 e. The predicted octanol–water partition coefficient (Wildman–Crippen LogP) is 2.72. The van der Waals surface area contributed by atoms with E-state index in [0.717, 1.165) is 12.4 Å². The van der Waals surface area contributed by atoms with E-state index < -0.39 is 0 Å². The molecule has 1 aromatic heterocycles. The molecule has 1 unspecified atom stereocenters. The van der Waals surface area contributed by atoms with Crippen LogP contribution in [0, 0.1) is 17.2 Å². The van der Waals surface area contributed by atoms with Crippen LogP contribution < -0.4 is 4.90 Å². The van der Waals surface area contributed by atoms with Crippen LogP contribution in [0.2, 0.25) is 5.02 Å². The van der Waals surface area contributed by atoms with Gasteiger partial charge >= 0.3 is 0 Å². The van der Waals surface area contributed by atoms with Gasteiger partial charge in [0.15, 0.2) is 0 Å². The molecule has 15 heavy (non-hydrogen) atoms. The lowest BCUT2D eigenvalue weighted by Gasteiger charge is -2.23. The largest absolute Gasteiger partial charge is 0.354 e. The van der Waals surface area contributed by atoms with Crippen molar-refractivity contribution in [3.05, 3.63) is 23.4 Å². The van der Waals surface area contributed by atoms with Crippen molar-refractivity contribution in [2.45, 2.75) is 13.8 Å². The molecule has 0 saturated heterocycles. The molecular formula is C11H14ClN3. The van der Waals surface area contributed by atoms with Gasteiger partial charge < -0.3 is 4.90 Å². The monoisotopic (exact) mass is 223 g/mol. The maximum absolute atomic E-state index is 8.77. The number of pyridine rings is 1. The number of halogens is 1. The molecule has 0 saturated carbocycles. The fourth-order valence-electron chi connectivity index (χ4n) is 1.35. The van der Waals surface area contributed by atoms with Crippen molar-refractivity contribution >= 4 is 17.4 Å². The van der Waals surface area contributed by atoms with E-state index in [0.29, 0.717) is 11.6 Å². The van der Waals surface area contributed by atoms with Crippen molar-refractivity contribution < 1.29 is 0 Å². The van der Waals surface area contributed by atoms with E-state index in [9.17, 15) is 0 Å². The van der Waals surface area contributed by atoms with Gasteiger partial charge in [0, 0.05) is 19.3 Å². The number of hydrogen-bond donors (Lipinski definition) is 0. The fraction of sp³-hybridized carbons (Fsp3) is 0.455. The highest BCUT2D eigenvalue weighted by molar-refractivity contribution is 6.32. The minimum atomic E-state index is -0.0250. The number of anilines is 1. The summed E-state index contributed by atoms with van der Waals surface area (Å²) in [5.74, 6) is 0.729. The van der Waals surface area contributed by atoms with Gasteiger partial charge in [0.25, 0.3) is 0 Å². The zero-order valence-electron chi connectivity index (χ0n) is 8.94. The van der Waals surface area contributed by atoms with Crippen molar-refractivity contribution in [2.24, 2.45) is 5.92 Å². The average Bonchev–Trinajstić information content (AvgIpc) is 2.26. The number of rotatable bonds is 4. The first-order chi connectivity index (χ1) is 7.19. The normalized spacial score (nSPS) is 11.9. The number of hydrogen-bond acceptors (Lipinski definition) is 3. The lowest BCUT2D eigenvalue weighted by atomic mass is 10.2. The van der Waals surface area contributed by atoms with Crippen LogP contribution in [0.3, 0.4) is 0 Å². The van der Waals surface area contributed by atoms with Gasteiger partial charge in [0.2, 0.25) is 0 Å². The van der Waals surface area contributed by atoms with Crippen LogP contribution in [-0.4, -0.2) is 18.1 Å². The van der Waals surface area contributed by atoms with Crippen LogP contribution in [-0.2, 0) is 0 Å². The molecule has 0 N–H and O–H groups in total. The molecule has 1 aromatic rings. The van der Waals surface area contributed by atoms with Gasteiger partial charge in [-0.15, -0.1) is 0 Å². The van der Waals surface area contributed by atoms with Crippen molar-refractivity contribution in [2.75, 3.05) is 18.0 Å². The topological polar surface area (TPSA) is 39.9 Å². The molecule has 0 aromatic carbocycles. The third-order valence-corrected chi connectivity index (χ3v) is 2.43. The Morgan fingerprint density at radius 3 is 2.93 bits per heavy atom. The summed E-state index contributed by atoms with van der Waals surface area (Å²) >= 11 is 6.04. The molecule has 3 nitrogen and oxygen atoms in total. The molecular weight excluding hydrogens is 210 g/mol. The van der Waals surface area contributed by atoms with Crippen LogP contribution >= 0.6 is 11.6 Å². The SMILES string of the molecule is CCN(CC(C)C#N)c1ncccc1Cl. The van der Waals surface area contributed by atoms with Crippen molar-refractivity contribution in [3.8, 4) is 6.07 Å². The number of nitrogens with zero attached hydrogens (tertiary/aromatic N) is 3. The second-order valence-electron chi connectivity index (χ2n) is 3.38. The van der Waals surface area contributed by atoms with E-state index in [1.807, 2.05) is 24.8 Å². The van der Waals surface area contributed by atoms with E-state index in [-0.39, 0.29) is 5.92 Å². The molecule has 1 atom stereocenters. The third kappa shape index (κ3) is 3.10. The first kappa shape index (κ1) is 11.8. The summed E-state index contributed by atoms with van der Waals surface area (Å²) < 4.78 is 0. The maximum atomic E-state index is 8.77. The van der Waals surface area contributed by atoms with E-state index >= 15 is 0 Å². The van der Waals surface area contributed by atoms with Gasteiger partial charge in [0.1, 0.15) is 5.82 Å². The van der Waals surface area contributed by atoms with Crippen LogP contribution in [0.1, 0.15) is 13.8 Å². The Labute approximate surface area is 95.3 Å². The number of nitriles is 1. The first-order valence-corrected chi connectivity index (χ1v) is 5.32. The van der Waals surface area contributed by atoms with Gasteiger partial charge in [-0.05, 0) is 26.0 Å². The summed E-state index contributed by atoms with van der Waals surface area (Å²) in [7, 11) is 0. The molecule has 80 valence electrons. The summed E-state index contributed by atoms with van der Waals surface area (Å²) in [4.78, 5) is 6.23. The van der Waals surface area contributed by atoms with Gasteiger partial charge in [-0.25, -0.2) is 4.98 Å². The average molecular weight is 224 g/mol. The standard InChI is InChI=1S/C11H14ClN3/c1-3-15(8-9(2)7-13)11-10(12)5-4-6-14-11/h4-6,9H,3,8H2,1-2H3. The van der Waals surface area contributed by atoms with Crippen molar-refractivity contribution in [1.29, 1.82) is 5.26 Å². The van der Waals surface area contributed by atoms with Gasteiger partial charge in [-0.1, -0.05) is 11.6 Å². The molecule has 4 heteroatoms. The Morgan fingerprint density at radius 1 is 1.67 bits per heavy atom. The second-order valence-corrected chi connectivity index (χ2v) is 3.78. The first-order valence-electron chi connectivity index (χ1n) is 4.94. The Balaban J connectivity index is 2.84. The summed E-state index contributed by atoms with van der Waals surface area (Å²) in [6.45, 7) is 5.36. The maximum Gasteiger partial charge on any atom is 0.147 e. The van der Waals surface area contributed by atoms with Gasteiger partial charge in [0.05, 0.1) is 17.0 Å². The predicted molar refractivity (Wildman–Crippen MR) is 61.9 cm³/mol. The molecule has 0 aliphatic carbocycles. The van der Waals surface area contributed by atoms with Crippen LogP contribution in [0.25, 0.3) is 0 Å².